The monoisotopic (exact) mass is 480 g/mol. The summed E-state index contributed by atoms with van der Waals surface area (Å²) in [6.45, 7) is 5.71. The van der Waals surface area contributed by atoms with Crippen LogP contribution in [0, 0.1) is 0 Å². The summed E-state index contributed by atoms with van der Waals surface area (Å²) in [5.41, 5.74) is 1.25. The molecule has 0 unspecified atom stereocenters. The molecule has 31 heavy (non-hydrogen) atoms. The first kappa shape index (κ1) is 22.3. The van der Waals surface area contributed by atoms with Crippen molar-refractivity contribution in [2.75, 3.05) is 32.7 Å². The molecular formula is C20H24N4O4S3. The Kier molecular flexibility index (Phi) is 6.40. The molecule has 0 saturated carbocycles. The number of rotatable bonds is 5. The summed E-state index contributed by atoms with van der Waals surface area (Å²) in [5, 5.41) is 0.439. The highest BCUT2D eigenvalue weighted by Gasteiger charge is 2.31. The fourth-order valence-corrected chi connectivity index (χ4v) is 7.39. The maximum atomic E-state index is 12.8. The van der Waals surface area contributed by atoms with Crippen LogP contribution in [0.3, 0.4) is 0 Å². The van der Waals surface area contributed by atoms with Gasteiger partial charge in [-0.1, -0.05) is 37.3 Å². The second kappa shape index (κ2) is 8.91. The zero-order valence-corrected chi connectivity index (χ0v) is 19.5. The molecule has 1 N–H and O–H groups in total. The Hall–Kier alpha value is -1.92. The van der Waals surface area contributed by atoms with Crippen molar-refractivity contribution in [3.63, 3.8) is 0 Å². The summed E-state index contributed by atoms with van der Waals surface area (Å²) >= 11 is 1.27. The summed E-state index contributed by atoms with van der Waals surface area (Å²) < 4.78 is 56.5. The van der Waals surface area contributed by atoms with Gasteiger partial charge in [0.15, 0.2) is 5.17 Å². The van der Waals surface area contributed by atoms with Gasteiger partial charge in [-0.3, -0.25) is 4.90 Å². The van der Waals surface area contributed by atoms with Gasteiger partial charge < -0.3 is 4.90 Å². The van der Waals surface area contributed by atoms with E-state index in [0.29, 0.717) is 23.2 Å². The zero-order valence-electron chi connectivity index (χ0n) is 17.1. The first-order valence-corrected chi connectivity index (χ1v) is 13.7. The molecule has 166 valence electrons. The number of hydrogen-bond acceptors (Lipinski definition) is 7. The van der Waals surface area contributed by atoms with E-state index in [2.05, 4.69) is 26.2 Å². The SMILES string of the molecule is CCNS(=O)(=O)c1ccc2c(c1)S(=O)(=O)N=C(N1CCN(Cc3ccccc3)CC1)S2. The third-order valence-electron chi connectivity index (χ3n) is 5.13. The van der Waals surface area contributed by atoms with Crippen LogP contribution in [0.2, 0.25) is 0 Å². The van der Waals surface area contributed by atoms with E-state index in [1.165, 1.54) is 29.5 Å². The average Bonchev–Trinajstić information content (AvgIpc) is 2.74. The molecule has 8 nitrogen and oxygen atoms in total. The van der Waals surface area contributed by atoms with Gasteiger partial charge in [-0.25, -0.2) is 13.1 Å². The van der Waals surface area contributed by atoms with E-state index < -0.39 is 20.0 Å². The third kappa shape index (κ3) is 4.96. The third-order valence-corrected chi connectivity index (χ3v) is 9.33. The Balaban J connectivity index is 1.48. The molecule has 1 fully saturated rings. The van der Waals surface area contributed by atoms with Crippen LogP contribution in [-0.2, 0) is 26.6 Å². The predicted octanol–water partition coefficient (Wildman–Crippen LogP) is 1.95. The van der Waals surface area contributed by atoms with Gasteiger partial charge in [0.2, 0.25) is 10.0 Å². The van der Waals surface area contributed by atoms with Gasteiger partial charge in [0.25, 0.3) is 10.0 Å². The highest BCUT2D eigenvalue weighted by molar-refractivity contribution is 8.15. The Morgan fingerprint density at radius 2 is 1.77 bits per heavy atom. The van der Waals surface area contributed by atoms with Crippen LogP contribution in [0.25, 0.3) is 0 Å². The zero-order chi connectivity index (χ0) is 22.1. The van der Waals surface area contributed by atoms with E-state index in [4.69, 9.17) is 0 Å². The van der Waals surface area contributed by atoms with E-state index in [-0.39, 0.29) is 16.3 Å². The number of sulfonamides is 2. The predicted molar refractivity (Wildman–Crippen MR) is 121 cm³/mol. The molecular weight excluding hydrogens is 456 g/mol. The lowest BCUT2D eigenvalue weighted by Gasteiger charge is -2.36. The molecule has 0 atom stereocenters. The van der Waals surface area contributed by atoms with Crippen molar-refractivity contribution in [1.82, 2.24) is 14.5 Å². The van der Waals surface area contributed by atoms with Gasteiger partial charge >= 0.3 is 0 Å². The van der Waals surface area contributed by atoms with E-state index >= 15 is 0 Å². The van der Waals surface area contributed by atoms with Crippen LogP contribution in [-0.4, -0.2) is 64.5 Å². The van der Waals surface area contributed by atoms with Crippen molar-refractivity contribution < 1.29 is 16.8 Å². The largest absolute Gasteiger partial charge is 0.348 e. The summed E-state index contributed by atoms with van der Waals surface area (Å²) in [6.07, 6.45) is 0. The number of amidine groups is 1. The van der Waals surface area contributed by atoms with Gasteiger partial charge in [-0.15, -0.1) is 4.40 Å². The molecule has 2 aromatic carbocycles. The van der Waals surface area contributed by atoms with Crippen molar-refractivity contribution in [3.05, 3.63) is 54.1 Å². The molecule has 1 saturated heterocycles. The summed E-state index contributed by atoms with van der Waals surface area (Å²) in [7, 11) is -7.73. The lowest BCUT2D eigenvalue weighted by molar-refractivity contribution is 0.177. The smallest absolute Gasteiger partial charge is 0.285 e. The highest BCUT2D eigenvalue weighted by atomic mass is 32.2. The molecule has 0 aliphatic carbocycles. The quantitative estimate of drug-likeness (QED) is 0.698. The molecule has 0 bridgehead atoms. The Morgan fingerprint density at radius 3 is 2.45 bits per heavy atom. The number of benzene rings is 2. The lowest BCUT2D eigenvalue weighted by atomic mass is 10.2. The van der Waals surface area contributed by atoms with Crippen LogP contribution in [0.1, 0.15) is 12.5 Å². The summed E-state index contributed by atoms with van der Waals surface area (Å²) in [6, 6.07) is 14.4. The van der Waals surface area contributed by atoms with Gasteiger partial charge in [0.05, 0.1) is 4.90 Å². The van der Waals surface area contributed by atoms with Crippen LogP contribution < -0.4 is 4.72 Å². The molecule has 2 aliphatic heterocycles. The molecule has 2 aromatic rings. The standard InChI is InChI=1S/C20H24N4O4S3/c1-2-21-30(25,26)17-8-9-18-19(14-17)31(27,28)22-20(29-18)24-12-10-23(11-13-24)15-16-6-4-3-5-7-16/h3-9,14,21H,2,10-13,15H2,1H3. The minimum absolute atomic E-state index is 0.0667. The van der Waals surface area contributed by atoms with E-state index in [9.17, 15) is 16.8 Å². The Labute approximate surface area is 187 Å². The maximum absolute atomic E-state index is 12.8. The second-order valence-electron chi connectivity index (χ2n) is 7.31. The van der Waals surface area contributed by atoms with Crippen molar-refractivity contribution in [2.45, 2.75) is 28.2 Å². The molecule has 2 heterocycles. The lowest BCUT2D eigenvalue weighted by Crippen LogP contribution is -2.48. The molecule has 0 aromatic heterocycles. The first-order valence-electron chi connectivity index (χ1n) is 9.96. The minimum Gasteiger partial charge on any atom is -0.348 e. The Morgan fingerprint density at radius 1 is 1.06 bits per heavy atom. The van der Waals surface area contributed by atoms with Crippen molar-refractivity contribution in [3.8, 4) is 0 Å². The van der Waals surface area contributed by atoms with Crippen LogP contribution in [0.4, 0.5) is 0 Å². The number of nitrogens with zero attached hydrogens (tertiary/aromatic N) is 3. The van der Waals surface area contributed by atoms with Gasteiger partial charge in [-0.2, -0.15) is 8.42 Å². The number of thioether (sulfide) groups is 1. The number of nitrogens with one attached hydrogen (secondary N) is 1. The van der Waals surface area contributed by atoms with Crippen LogP contribution in [0.15, 0.2) is 67.6 Å². The minimum atomic E-state index is -3.98. The van der Waals surface area contributed by atoms with E-state index in [0.717, 1.165) is 19.6 Å². The van der Waals surface area contributed by atoms with Crippen molar-refractivity contribution in [1.29, 1.82) is 0 Å². The summed E-state index contributed by atoms with van der Waals surface area (Å²) in [4.78, 5) is 4.66. The van der Waals surface area contributed by atoms with Crippen LogP contribution >= 0.6 is 11.8 Å². The maximum Gasteiger partial charge on any atom is 0.285 e. The van der Waals surface area contributed by atoms with Crippen molar-refractivity contribution in [2.24, 2.45) is 4.40 Å². The number of piperazine rings is 1. The highest BCUT2D eigenvalue weighted by Crippen LogP contribution is 2.36. The number of hydrogen-bond donors (Lipinski definition) is 1. The molecule has 4 rings (SSSR count). The number of fused-ring (bicyclic) bond motifs is 1. The molecule has 0 radical (unpaired) electrons. The fraction of sp³-hybridized carbons (Fsp3) is 0.350. The van der Waals surface area contributed by atoms with Crippen LogP contribution in [0.5, 0.6) is 0 Å². The second-order valence-corrected chi connectivity index (χ2v) is 11.7. The molecule has 0 amide bonds. The van der Waals surface area contributed by atoms with Crippen molar-refractivity contribution >= 4 is 37.0 Å². The van der Waals surface area contributed by atoms with E-state index in [1.807, 2.05) is 23.1 Å². The fourth-order valence-electron chi connectivity index (χ4n) is 3.54. The first-order chi connectivity index (χ1) is 14.8. The normalized spacial score (nSPS) is 19.0. The Bertz CT molecular complexity index is 1190. The van der Waals surface area contributed by atoms with Gasteiger partial charge in [-0.05, 0) is 35.5 Å². The van der Waals surface area contributed by atoms with Gasteiger partial charge in [0, 0.05) is 44.2 Å². The van der Waals surface area contributed by atoms with E-state index in [1.54, 1.807) is 13.0 Å². The molecule has 2 aliphatic rings. The summed E-state index contributed by atoms with van der Waals surface area (Å²) in [5.74, 6) is 0. The molecule has 11 heteroatoms. The molecule has 0 spiro atoms. The van der Waals surface area contributed by atoms with Gasteiger partial charge in [0.1, 0.15) is 4.90 Å². The average molecular weight is 481 g/mol. The topological polar surface area (TPSA) is 99.1 Å².